The monoisotopic (exact) mass is 566 g/mol. The molecule has 2 heterocycles. The second-order valence-electron chi connectivity index (χ2n) is 9.38. The van der Waals surface area contributed by atoms with Crippen LogP contribution in [0.15, 0.2) is 54.1 Å². The first-order chi connectivity index (χ1) is 19.2. The minimum Gasteiger partial charge on any atom is -0.493 e. The number of esters is 1. The zero-order chi connectivity index (χ0) is 28.6. The Labute approximate surface area is 234 Å². The number of rotatable bonds is 9. The van der Waals surface area contributed by atoms with E-state index in [2.05, 4.69) is 8.75 Å². The molecular weight excluding hydrogens is 539 g/mol. The van der Waals surface area contributed by atoms with Crippen LogP contribution in [0.3, 0.4) is 0 Å². The summed E-state index contributed by atoms with van der Waals surface area (Å²) in [6, 6.07) is 12.6. The summed E-state index contributed by atoms with van der Waals surface area (Å²) < 4.78 is 51.1. The van der Waals surface area contributed by atoms with E-state index in [1.165, 1.54) is 33.5 Å². The third kappa shape index (κ3) is 4.82. The minimum absolute atomic E-state index is 0.0172. The number of hydrogen-bond donors (Lipinski definition) is 1. The maximum Gasteiger partial charge on any atom is 0.342 e. The molecule has 1 N–H and O–H groups in total. The summed E-state index contributed by atoms with van der Waals surface area (Å²) in [4.78, 5) is 13.4. The number of aromatic nitrogens is 2. The molecule has 11 heteroatoms. The predicted molar refractivity (Wildman–Crippen MR) is 146 cm³/mol. The highest BCUT2D eigenvalue weighted by Crippen LogP contribution is 2.47. The van der Waals surface area contributed by atoms with E-state index in [9.17, 15) is 9.90 Å². The Kier molecular flexibility index (Phi) is 7.35. The quantitative estimate of drug-likeness (QED) is 0.279. The summed E-state index contributed by atoms with van der Waals surface area (Å²) in [7, 11) is 4.48. The molecule has 0 saturated carbocycles. The maximum atomic E-state index is 15.1. The van der Waals surface area contributed by atoms with Crippen molar-refractivity contribution in [1.82, 2.24) is 8.75 Å². The van der Waals surface area contributed by atoms with Gasteiger partial charge in [0.25, 0.3) is 5.79 Å². The third-order valence-electron chi connectivity index (χ3n) is 6.49. The van der Waals surface area contributed by atoms with Crippen LogP contribution in [0.25, 0.3) is 16.6 Å². The Morgan fingerprint density at radius 1 is 0.950 bits per heavy atom. The van der Waals surface area contributed by atoms with Crippen molar-refractivity contribution in [2.24, 2.45) is 0 Å². The second-order valence-corrected chi connectivity index (χ2v) is 9.91. The van der Waals surface area contributed by atoms with E-state index < -0.39 is 17.6 Å². The van der Waals surface area contributed by atoms with Gasteiger partial charge in [0.05, 0.1) is 44.7 Å². The number of benzene rings is 3. The molecule has 0 fully saturated rings. The lowest BCUT2D eigenvalue weighted by Gasteiger charge is -2.26. The number of halogens is 1. The fourth-order valence-corrected chi connectivity index (χ4v) is 5.23. The number of fused-ring (bicyclic) bond motifs is 1. The molecule has 1 aliphatic rings. The first kappa shape index (κ1) is 27.4. The van der Waals surface area contributed by atoms with E-state index in [4.69, 9.17) is 23.7 Å². The molecule has 3 aromatic carbocycles. The molecule has 1 atom stereocenters. The molecular formula is C29H27FN2O7S. The summed E-state index contributed by atoms with van der Waals surface area (Å²) >= 11 is 1.05. The van der Waals surface area contributed by atoms with Crippen LogP contribution in [0.1, 0.15) is 30.5 Å². The lowest BCUT2D eigenvalue weighted by atomic mass is 9.87. The fourth-order valence-electron chi connectivity index (χ4n) is 4.71. The fraction of sp³-hybridized carbons (Fsp3) is 0.276. The molecule has 0 spiro atoms. The van der Waals surface area contributed by atoms with E-state index in [-0.39, 0.29) is 35.0 Å². The topological polar surface area (TPSA) is 109 Å². The number of carbonyl (C=O) groups excluding carboxylic acids is 1. The van der Waals surface area contributed by atoms with Crippen molar-refractivity contribution in [2.45, 2.75) is 32.2 Å². The van der Waals surface area contributed by atoms with Crippen molar-refractivity contribution >= 4 is 34.3 Å². The molecule has 1 aromatic heterocycles. The van der Waals surface area contributed by atoms with Gasteiger partial charge in [-0.25, -0.2) is 9.18 Å². The maximum absolute atomic E-state index is 15.1. The minimum atomic E-state index is -2.28. The van der Waals surface area contributed by atoms with Gasteiger partial charge in [-0.1, -0.05) is 6.07 Å². The van der Waals surface area contributed by atoms with Gasteiger partial charge in [-0.3, -0.25) is 0 Å². The Morgan fingerprint density at radius 3 is 2.27 bits per heavy atom. The van der Waals surface area contributed by atoms with Gasteiger partial charge in [-0.05, 0) is 67.4 Å². The number of cyclic esters (lactones) is 1. The Morgan fingerprint density at radius 2 is 1.65 bits per heavy atom. The van der Waals surface area contributed by atoms with Crippen molar-refractivity contribution in [2.75, 3.05) is 21.3 Å². The molecule has 1 aliphatic heterocycles. The smallest absolute Gasteiger partial charge is 0.342 e. The van der Waals surface area contributed by atoms with Crippen LogP contribution in [0.2, 0.25) is 0 Å². The van der Waals surface area contributed by atoms with Gasteiger partial charge in [0.1, 0.15) is 11.0 Å². The van der Waals surface area contributed by atoms with Crippen molar-refractivity contribution in [3.8, 4) is 23.0 Å². The van der Waals surface area contributed by atoms with Crippen LogP contribution in [-0.4, -0.2) is 47.3 Å². The molecule has 1 unspecified atom stereocenters. The van der Waals surface area contributed by atoms with Crippen LogP contribution >= 0.6 is 11.7 Å². The SMILES string of the molecule is COc1cc(CC2=C(c3ccc4nsnc4c3)C(=O)OC2(O)c2ccc(OC(C)C)c(F)c2)cc(OC)c1OC. The van der Waals surface area contributed by atoms with E-state index in [1.54, 1.807) is 44.2 Å². The molecule has 0 amide bonds. The molecule has 0 aliphatic carbocycles. The molecule has 0 saturated heterocycles. The Hall–Kier alpha value is -4.22. The summed E-state index contributed by atoms with van der Waals surface area (Å²) in [5.74, 6) is -2.56. The van der Waals surface area contributed by atoms with Crippen LogP contribution < -0.4 is 18.9 Å². The first-order valence-corrected chi connectivity index (χ1v) is 13.1. The number of ether oxygens (including phenoxy) is 5. The largest absolute Gasteiger partial charge is 0.493 e. The van der Waals surface area contributed by atoms with Crippen molar-refractivity contribution in [3.05, 3.63) is 76.6 Å². The normalized spacial score (nSPS) is 16.9. The summed E-state index contributed by atoms with van der Waals surface area (Å²) in [5.41, 5.74) is 2.72. The highest BCUT2D eigenvalue weighted by molar-refractivity contribution is 7.00. The van der Waals surface area contributed by atoms with E-state index in [0.29, 0.717) is 39.4 Å². The number of carbonyl (C=O) groups is 1. The first-order valence-electron chi connectivity index (χ1n) is 12.4. The van der Waals surface area contributed by atoms with Crippen LogP contribution in [-0.2, 0) is 21.7 Å². The van der Waals surface area contributed by atoms with Gasteiger partial charge < -0.3 is 28.8 Å². The average molecular weight is 567 g/mol. The van der Waals surface area contributed by atoms with Gasteiger partial charge in [0.2, 0.25) is 5.75 Å². The lowest BCUT2D eigenvalue weighted by molar-refractivity contribution is -0.185. The zero-order valence-electron chi connectivity index (χ0n) is 22.5. The van der Waals surface area contributed by atoms with Gasteiger partial charge in [-0.2, -0.15) is 8.75 Å². The standard InChI is InChI=1S/C29H27FN2O7S/c1-15(2)38-23-9-7-18(14-20(23)30)29(34)19(10-16-11-24(35-3)27(37-5)25(12-16)36-4)26(28(33)39-29)17-6-8-21-22(13-17)32-40-31-21/h6-9,11-15,34H,10H2,1-5H3. The molecule has 0 radical (unpaired) electrons. The number of methoxy groups -OCH3 is 3. The van der Waals surface area contributed by atoms with Crippen LogP contribution in [0, 0.1) is 5.82 Å². The molecule has 40 heavy (non-hydrogen) atoms. The Balaban J connectivity index is 1.70. The number of hydrogen-bond acceptors (Lipinski definition) is 10. The highest BCUT2D eigenvalue weighted by Gasteiger charge is 2.48. The molecule has 9 nitrogen and oxygen atoms in total. The van der Waals surface area contributed by atoms with Gasteiger partial charge >= 0.3 is 5.97 Å². The predicted octanol–water partition coefficient (Wildman–Crippen LogP) is 5.04. The lowest BCUT2D eigenvalue weighted by Crippen LogP contribution is -2.30. The molecule has 208 valence electrons. The average Bonchev–Trinajstić information content (AvgIpc) is 3.50. The molecule has 5 rings (SSSR count). The number of nitrogens with zero attached hydrogens (tertiary/aromatic N) is 2. The van der Waals surface area contributed by atoms with Crippen molar-refractivity contribution in [1.29, 1.82) is 0 Å². The van der Waals surface area contributed by atoms with Gasteiger partial charge in [0, 0.05) is 17.6 Å². The molecule has 4 aromatic rings. The van der Waals surface area contributed by atoms with Crippen molar-refractivity contribution in [3.63, 3.8) is 0 Å². The van der Waals surface area contributed by atoms with Gasteiger partial charge in [-0.15, -0.1) is 0 Å². The third-order valence-corrected chi connectivity index (χ3v) is 7.05. The van der Waals surface area contributed by atoms with E-state index in [0.717, 1.165) is 17.8 Å². The summed E-state index contributed by atoms with van der Waals surface area (Å²) in [6.45, 7) is 3.55. The van der Waals surface area contributed by atoms with Gasteiger partial charge in [0.15, 0.2) is 23.1 Å². The summed E-state index contributed by atoms with van der Waals surface area (Å²) in [6.07, 6.45) is -0.238. The summed E-state index contributed by atoms with van der Waals surface area (Å²) in [5, 5.41) is 12.0. The highest BCUT2D eigenvalue weighted by atomic mass is 32.1. The molecule has 0 bridgehead atoms. The Bertz CT molecular complexity index is 1610. The second kappa shape index (κ2) is 10.7. The van der Waals surface area contributed by atoms with Crippen LogP contribution in [0.5, 0.6) is 23.0 Å². The zero-order valence-corrected chi connectivity index (χ0v) is 23.3. The van der Waals surface area contributed by atoms with Crippen molar-refractivity contribution < 1.29 is 38.0 Å². The number of aliphatic hydroxyl groups is 1. The van der Waals surface area contributed by atoms with Crippen LogP contribution in [0.4, 0.5) is 4.39 Å². The van der Waals surface area contributed by atoms with E-state index in [1.807, 2.05) is 0 Å². The van der Waals surface area contributed by atoms with E-state index >= 15 is 4.39 Å².